The minimum absolute atomic E-state index is 0.000463. The predicted molar refractivity (Wildman–Crippen MR) is 42.8 cm³/mol. The van der Waals surface area contributed by atoms with Gasteiger partial charge in [-0.3, -0.25) is 0 Å². The average molecular weight is 186 g/mol. The second-order valence-electron chi connectivity index (χ2n) is 2.80. The fourth-order valence-electron chi connectivity index (χ4n) is 1.07. The molecular formula is C9H8F2O2. The summed E-state index contributed by atoms with van der Waals surface area (Å²) in [4.78, 5) is 10.5. The smallest absolute Gasteiger partial charge is 0.336 e. The third kappa shape index (κ3) is 1.52. The minimum Gasteiger partial charge on any atom is -0.478 e. The van der Waals surface area contributed by atoms with Gasteiger partial charge < -0.3 is 5.11 Å². The van der Waals surface area contributed by atoms with Crippen molar-refractivity contribution >= 4 is 5.97 Å². The minimum atomic E-state index is -1.25. The van der Waals surface area contributed by atoms with Gasteiger partial charge in [-0.2, -0.15) is 0 Å². The van der Waals surface area contributed by atoms with Crippen LogP contribution in [0.2, 0.25) is 0 Å². The van der Waals surface area contributed by atoms with Crippen LogP contribution in [0.4, 0.5) is 8.78 Å². The largest absolute Gasteiger partial charge is 0.478 e. The van der Waals surface area contributed by atoms with Crippen LogP contribution in [0.1, 0.15) is 21.5 Å². The van der Waals surface area contributed by atoms with Crippen LogP contribution >= 0.6 is 0 Å². The quantitative estimate of drug-likeness (QED) is 0.730. The van der Waals surface area contributed by atoms with E-state index in [4.69, 9.17) is 5.11 Å². The van der Waals surface area contributed by atoms with Crippen molar-refractivity contribution in [1.29, 1.82) is 0 Å². The highest BCUT2D eigenvalue weighted by atomic mass is 19.2. The Morgan fingerprint density at radius 3 is 2.31 bits per heavy atom. The van der Waals surface area contributed by atoms with Gasteiger partial charge in [-0.1, -0.05) is 0 Å². The molecule has 0 aliphatic rings. The zero-order chi connectivity index (χ0) is 10.2. The maximum absolute atomic E-state index is 13.0. The Kier molecular flexibility index (Phi) is 2.32. The maximum atomic E-state index is 13.0. The molecule has 4 heteroatoms. The summed E-state index contributed by atoms with van der Waals surface area (Å²) in [6.45, 7) is 2.56. The standard InChI is InChI=1S/C9H8F2O2/c1-4-3-6(9(12)13)5(2)8(11)7(4)10/h3H,1-2H3,(H,12,13). The van der Waals surface area contributed by atoms with Gasteiger partial charge in [0.1, 0.15) is 0 Å². The van der Waals surface area contributed by atoms with Gasteiger partial charge in [0.25, 0.3) is 0 Å². The van der Waals surface area contributed by atoms with Gasteiger partial charge in [-0.25, -0.2) is 13.6 Å². The maximum Gasteiger partial charge on any atom is 0.336 e. The average Bonchev–Trinajstić information content (AvgIpc) is 2.07. The lowest BCUT2D eigenvalue weighted by Crippen LogP contribution is -2.05. The fraction of sp³-hybridized carbons (Fsp3) is 0.222. The van der Waals surface area contributed by atoms with Crippen LogP contribution in [0.5, 0.6) is 0 Å². The molecular weight excluding hydrogens is 178 g/mol. The SMILES string of the molecule is Cc1cc(C(=O)O)c(C)c(F)c1F. The third-order valence-corrected chi connectivity index (χ3v) is 1.86. The second-order valence-corrected chi connectivity index (χ2v) is 2.80. The van der Waals surface area contributed by atoms with Gasteiger partial charge in [0.15, 0.2) is 11.6 Å². The molecule has 1 aromatic rings. The zero-order valence-electron chi connectivity index (χ0n) is 7.19. The van der Waals surface area contributed by atoms with Crippen molar-refractivity contribution in [2.45, 2.75) is 13.8 Å². The molecule has 1 aromatic carbocycles. The van der Waals surface area contributed by atoms with E-state index >= 15 is 0 Å². The van der Waals surface area contributed by atoms with Crippen molar-refractivity contribution < 1.29 is 18.7 Å². The summed E-state index contributed by atoms with van der Waals surface area (Å²) in [6, 6.07) is 1.12. The fourth-order valence-corrected chi connectivity index (χ4v) is 1.07. The summed E-state index contributed by atoms with van der Waals surface area (Å²) in [5.41, 5.74) is -0.368. The monoisotopic (exact) mass is 186 g/mol. The summed E-state index contributed by atoms with van der Waals surface area (Å²) in [6.07, 6.45) is 0. The summed E-state index contributed by atoms with van der Waals surface area (Å²) < 4.78 is 25.8. The Balaban J connectivity index is 3.50. The van der Waals surface area contributed by atoms with E-state index in [1.807, 2.05) is 0 Å². The molecule has 0 aliphatic carbocycles. The van der Waals surface area contributed by atoms with Crippen molar-refractivity contribution in [2.75, 3.05) is 0 Å². The molecule has 2 nitrogen and oxygen atoms in total. The first-order valence-electron chi connectivity index (χ1n) is 3.63. The number of benzene rings is 1. The van der Waals surface area contributed by atoms with Crippen LogP contribution in [-0.2, 0) is 0 Å². The summed E-state index contributed by atoms with van der Waals surface area (Å²) in [7, 11) is 0. The molecule has 0 aliphatic heterocycles. The van der Waals surface area contributed by atoms with Crippen LogP contribution in [0.25, 0.3) is 0 Å². The normalized spacial score (nSPS) is 10.2. The zero-order valence-corrected chi connectivity index (χ0v) is 7.19. The van der Waals surface area contributed by atoms with Gasteiger partial charge in [-0.05, 0) is 25.5 Å². The molecule has 0 fully saturated rings. The van der Waals surface area contributed by atoms with Crippen molar-refractivity contribution in [3.63, 3.8) is 0 Å². The van der Waals surface area contributed by atoms with E-state index in [-0.39, 0.29) is 16.7 Å². The van der Waals surface area contributed by atoms with E-state index in [0.29, 0.717) is 0 Å². The molecule has 0 spiro atoms. The molecule has 1 rings (SSSR count). The van der Waals surface area contributed by atoms with Gasteiger partial charge in [0, 0.05) is 5.56 Å². The number of carbonyl (C=O) groups is 1. The lowest BCUT2D eigenvalue weighted by atomic mass is 10.0. The predicted octanol–water partition coefficient (Wildman–Crippen LogP) is 2.28. The number of aryl methyl sites for hydroxylation is 1. The topological polar surface area (TPSA) is 37.3 Å². The van der Waals surface area contributed by atoms with E-state index in [0.717, 1.165) is 6.07 Å². The van der Waals surface area contributed by atoms with Crippen LogP contribution in [0, 0.1) is 25.5 Å². The molecule has 1 N–H and O–H groups in total. The second kappa shape index (κ2) is 3.12. The summed E-state index contributed by atoms with van der Waals surface area (Å²) in [5.74, 6) is -3.32. The number of hydrogen-bond donors (Lipinski definition) is 1. The molecule has 0 radical (unpaired) electrons. The van der Waals surface area contributed by atoms with E-state index in [9.17, 15) is 13.6 Å². The van der Waals surface area contributed by atoms with E-state index in [1.165, 1.54) is 13.8 Å². The van der Waals surface area contributed by atoms with Gasteiger partial charge >= 0.3 is 5.97 Å². The van der Waals surface area contributed by atoms with Crippen molar-refractivity contribution in [3.05, 3.63) is 34.4 Å². The van der Waals surface area contributed by atoms with Gasteiger partial charge in [0.05, 0.1) is 5.56 Å². The Morgan fingerprint density at radius 2 is 1.85 bits per heavy atom. The Morgan fingerprint density at radius 1 is 1.31 bits per heavy atom. The highest BCUT2D eigenvalue weighted by Crippen LogP contribution is 2.19. The molecule has 0 heterocycles. The summed E-state index contributed by atoms with van der Waals surface area (Å²) >= 11 is 0. The Bertz CT molecular complexity index is 372. The lowest BCUT2D eigenvalue weighted by Gasteiger charge is -2.05. The molecule has 0 amide bonds. The first kappa shape index (κ1) is 9.64. The molecule has 0 atom stereocenters. The highest BCUT2D eigenvalue weighted by Gasteiger charge is 2.16. The van der Waals surface area contributed by atoms with Crippen molar-refractivity contribution in [1.82, 2.24) is 0 Å². The Hall–Kier alpha value is -1.45. The first-order chi connectivity index (χ1) is 5.95. The molecule has 0 saturated carbocycles. The van der Waals surface area contributed by atoms with Crippen LogP contribution in [-0.4, -0.2) is 11.1 Å². The molecule has 0 unspecified atom stereocenters. The number of rotatable bonds is 1. The first-order valence-corrected chi connectivity index (χ1v) is 3.63. The van der Waals surface area contributed by atoms with E-state index < -0.39 is 17.6 Å². The molecule has 0 aromatic heterocycles. The van der Waals surface area contributed by atoms with Crippen molar-refractivity contribution in [3.8, 4) is 0 Å². The number of carboxylic acids is 1. The number of carboxylic acid groups (broad SMARTS) is 1. The lowest BCUT2D eigenvalue weighted by molar-refractivity contribution is 0.0695. The van der Waals surface area contributed by atoms with Crippen LogP contribution in [0.3, 0.4) is 0 Å². The number of hydrogen-bond acceptors (Lipinski definition) is 1. The highest BCUT2D eigenvalue weighted by molar-refractivity contribution is 5.89. The van der Waals surface area contributed by atoms with Gasteiger partial charge in [0.2, 0.25) is 0 Å². The number of halogens is 2. The van der Waals surface area contributed by atoms with Gasteiger partial charge in [-0.15, -0.1) is 0 Å². The third-order valence-electron chi connectivity index (χ3n) is 1.86. The summed E-state index contributed by atoms with van der Waals surface area (Å²) in [5, 5.41) is 8.62. The van der Waals surface area contributed by atoms with E-state index in [1.54, 1.807) is 0 Å². The molecule has 70 valence electrons. The Labute approximate surface area is 73.8 Å². The molecule has 13 heavy (non-hydrogen) atoms. The molecule has 0 bridgehead atoms. The van der Waals surface area contributed by atoms with Crippen molar-refractivity contribution in [2.24, 2.45) is 0 Å². The van der Waals surface area contributed by atoms with E-state index in [2.05, 4.69) is 0 Å². The van der Waals surface area contributed by atoms with Crippen LogP contribution in [0.15, 0.2) is 6.07 Å². The molecule has 0 saturated heterocycles. The van der Waals surface area contributed by atoms with Crippen LogP contribution < -0.4 is 0 Å². The number of aromatic carboxylic acids is 1.